The van der Waals surface area contributed by atoms with Gasteiger partial charge in [0.25, 0.3) is 0 Å². The molecule has 0 aromatic carbocycles. The third kappa shape index (κ3) is 3.61. The van der Waals surface area contributed by atoms with E-state index in [2.05, 4.69) is 26.4 Å². The Kier molecular flexibility index (Phi) is 5.20. The first-order valence-electron chi connectivity index (χ1n) is 7.02. The van der Waals surface area contributed by atoms with Crippen molar-refractivity contribution in [1.82, 2.24) is 24.9 Å². The van der Waals surface area contributed by atoms with Gasteiger partial charge in [0.15, 0.2) is 0 Å². The van der Waals surface area contributed by atoms with Gasteiger partial charge in [-0.05, 0) is 12.8 Å². The molecule has 2 aromatic rings. The monoisotopic (exact) mass is 295 g/mol. The van der Waals surface area contributed by atoms with Crippen LogP contribution < -0.4 is 5.32 Å². The van der Waals surface area contributed by atoms with Crippen LogP contribution in [0.4, 0.5) is 0 Å². The molecule has 1 aliphatic rings. The quantitative estimate of drug-likeness (QED) is 0.922. The minimum Gasteiger partial charge on any atom is -0.308 e. The standard InChI is InChI=1S/C14H21N5.ClH/c1-18-10-12(8-16-18)6-15-7-13-9-17-19(11-13)14-4-2-3-5-14;/h8-11,14-15H,2-7H2,1H3;1H. The van der Waals surface area contributed by atoms with Crippen molar-refractivity contribution >= 4 is 12.4 Å². The molecule has 0 saturated heterocycles. The molecule has 2 aromatic heterocycles. The van der Waals surface area contributed by atoms with Crippen LogP contribution in [0.3, 0.4) is 0 Å². The van der Waals surface area contributed by atoms with Crippen LogP contribution in [0.5, 0.6) is 0 Å². The number of nitrogens with zero attached hydrogens (tertiary/aromatic N) is 4. The van der Waals surface area contributed by atoms with Crippen molar-refractivity contribution in [3.05, 3.63) is 35.9 Å². The number of halogens is 1. The molecule has 0 radical (unpaired) electrons. The van der Waals surface area contributed by atoms with Crippen molar-refractivity contribution in [3.63, 3.8) is 0 Å². The molecule has 1 aliphatic carbocycles. The van der Waals surface area contributed by atoms with E-state index in [0.29, 0.717) is 6.04 Å². The summed E-state index contributed by atoms with van der Waals surface area (Å²) in [6, 6.07) is 0.632. The van der Waals surface area contributed by atoms with Crippen LogP contribution in [0, 0.1) is 0 Å². The Balaban J connectivity index is 0.00000147. The van der Waals surface area contributed by atoms with Crippen molar-refractivity contribution < 1.29 is 0 Å². The van der Waals surface area contributed by atoms with Gasteiger partial charge in [0, 0.05) is 43.7 Å². The number of aryl methyl sites for hydroxylation is 1. The zero-order valence-corrected chi connectivity index (χ0v) is 12.6. The molecule has 1 N–H and O–H groups in total. The number of nitrogens with one attached hydrogen (secondary N) is 1. The third-order valence-corrected chi connectivity index (χ3v) is 3.77. The molecule has 5 nitrogen and oxygen atoms in total. The van der Waals surface area contributed by atoms with Crippen molar-refractivity contribution in [1.29, 1.82) is 0 Å². The summed E-state index contributed by atoms with van der Waals surface area (Å²) in [5.74, 6) is 0. The lowest BCUT2D eigenvalue weighted by Crippen LogP contribution is -2.12. The van der Waals surface area contributed by atoms with Gasteiger partial charge in [-0.2, -0.15) is 10.2 Å². The number of hydrogen-bond acceptors (Lipinski definition) is 3. The van der Waals surface area contributed by atoms with Crippen LogP contribution in [0.1, 0.15) is 42.9 Å². The summed E-state index contributed by atoms with van der Waals surface area (Å²) in [6.07, 6.45) is 13.4. The summed E-state index contributed by atoms with van der Waals surface area (Å²) in [6.45, 7) is 1.71. The SMILES string of the molecule is Cl.Cn1cc(CNCc2cnn(C3CCCC3)c2)cn1. The normalized spacial score (nSPS) is 15.4. The zero-order valence-electron chi connectivity index (χ0n) is 11.8. The maximum atomic E-state index is 4.49. The van der Waals surface area contributed by atoms with Crippen LogP contribution in [0.2, 0.25) is 0 Å². The predicted molar refractivity (Wildman–Crippen MR) is 80.7 cm³/mol. The van der Waals surface area contributed by atoms with E-state index in [4.69, 9.17) is 0 Å². The molecule has 0 spiro atoms. The highest BCUT2D eigenvalue weighted by Crippen LogP contribution is 2.28. The molecule has 0 unspecified atom stereocenters. The van der Waals surface area contributed by atoms with E-state index in [0.717, 1.165) is 13.1 Å². The molecule has 110 valence electrons. The first-order chi connectivity index (χ1) is 9.31. The van der Waals surface area contributed by atoms with E-state index in [9.17, 15) is 0 Å². The van der Waals surface area contributed by atoms with E-state index in [-0.39, 0.29) is 12.4 Å². The lowest BCUT2D eigenvalue weighted by atomic mass is 10.2. The highest BCUT2D eigenvalue weighted by atomic mass is 35.5. The Labute approximate surface area is 125 Å². The molecule has 0 bridgehead atoms. The molecule has 3 rings (SSSR count). The first kappa shape index (κ1) is 15.1. The fourth-order valence-corrected chi connectivity index (χ4v) is 2.75. The number of hydrogen-bond donors (Lipinski definition) is 1. The molecule has 1 saturated carbocycles. The van der Waals surface area contributed by atoms with Gasteiger partial charge >= 0.3 is 0 Å². The second-order valence-electron chi connectivity index (χ2n) is 5.39. The summed E-state index contributed by atoms with van der Waals surface area (Å²) in [5, 5.41) is 12.1. The van der Waals surface area contributed by atoms with Crippen LogP contribution in [-0.2, 0) is 20.1 Å². The second-order valence-corrected chi connectivity index (χ2v) is 5.39. The largest absolute Gasteiger partial charge is 0.308 e. The van der Waals surface area contributed by atoms with Crippen LogP contribution in [-0.4, -0.2) is 19.6 Å². The molecule has 0 atom stereocenters. The third-order valence-electron chi connectivity index (χ3n) is 3.77. The number of rotatable bonds is 5. The van der Waals surface area contributed by atoms with Gasteiger partial charge in [-0.1, -0.05) is 12.8 Å². The molecule has 2 heterocycles. The summed E-state index contributed by atoms with van der Waals surface area (Å²) >= 11 is 0. The summed E-state index contributed by atoms with van der Waals surface area (Å²) < 4.78 is 3.98. The molecular formula is C14H22ClN5. The molecular weight excluding hydrogens is 274 g/mol. The predicted octanol–water partition coefficient (Wildman–Crippen LogP) is 2.44. The Morgan fingerprint density at radius 3 is 2.40 bits per heavy atom. The fraction of sp³-hybridized carbons (Fsp3) is 0.571. The van der Waals surface area contributed by atoms with E-state index >= 15 is 0 Å². The molecule has 1 fully saturated rings. The zero-order chi connectivity index (χ0) is 13.1. The summed E-state index contributed by atoms with van der Waals surface area (Å²) in [4.78, 5) is 0. The lowest BCUT2D eigenvalue weighted by molar-refractivity contribution is 0.466. The van der Waals surface area contributed by atoms with Gasteiger partial charge in [-0.25, -0.2) is 0 Å². The van der Waals surface area contributed by atoms with Gasteiger partial charge in [0.05, 0.1) is 18.4 Å². The van der Waals surface area contributed by atoms with Crippen molar-refractivity contribution in [2.24, 2.45) is 7.05 Å². The Morgan fingerprint density at radius 2 is 1.75 bits per heavy atom. The highest BCUT2D eigenvalue weighted by Gasteiger charge is 2.17. The van der Waals surface area contributed by atoms with Crippen molar-refractivity contribution in [2.75, 3.05) is 0 Å². The number of aromatic nitrogens is 4. The fourth-order valence-electron chi connectivity index (χ4n) is 2.75. The van der Waals surface area contributed by atoms with Crippen molar-refractivity contribution in [3.8, 4) is 0 Å². The van der Waals surface area contributed by atoms with E-state index < -0.39 is 0 Å². The van der Waals surface area contributed by atoms with Gasteiger partial charge in [-0.15, -0.1) is 12.4 Å². The summed E-state index contributed by atoms with van der Waals surface area (Å²) in [7, 11) is 1.94. The topological polar surface area (TPSA) is 47.7 Å². The Morgan fingerprint density at radius 1 is 1.10 bits per heavy atom. The summed E-state index contributed by atoms with van der Waals surface area (Å²) in [5.41, 5.74) is 2.47. The van der Waals surface area contributed by atoms with E-state index in [1.807, 2.05) is 30.3 Å². The van der Waals surface area contributed by atoms with Gasteiger partial charge < -0.3 is 5.32 Å². The van der Waals surface area contributed by atoms with Crippen LogP contribution >= 0.6 is 12.4 Å². The van der Waals surface area contributed by atoms with E-state index in [1.54, 1.807) is 0 Å². The first-order valence-corrected chi connectivity index (χ1v) is 7.02. The maximum absolute atomic E-state index is 4.49. The molecule has 0 aliphatic heterocycles. The van der Waals surface area contributed by atoms with Gasteiger partial charge in [0.1, 0.15) is 0 Å². The average molecular weight is 296 g/mol. The molecule has 6 heteroatoms. The smallest absolute Gasteiger partial charge is 0.0534 e. The maximum Gasteiger partial charge on any atom is 0.0534 e. The minimum absolute atomic E-state index is 0. The minimum atomic E-state index is 0. The molecule has 20 heavy (non-hydrogen) atoms. The van der Waals surface area contributed by atoms with Crippen LogP contribution in [0.15, 0.2) is 24.8 Å². The van der Waals surface area contributed by atoms with Gasteiger partial charge in [-0.3, -0.25) is 9.36 Å². The molecule has 0 amide bonds. The lowest BCUT2D eigenvalue weighted by Gasteiger charge is -2.08. The second kappa shape index (κ2) is 6.90. The Bertz CT molecular complexity index is 527. The Hall–Kier alpha value is -1.33. The van der Waals surface area contributed by atoms with E-state index in [1.165, 1.54) is 36.8 Å². The highest BCUT2D eigenvalue weighted by molar-refractivity contribution is 5.85. The van der Waals surface area contributed by atoms with Crippen LogP contribution in [0.25, 0.3) is 0 Å². The average Bonchev–Trinajstić information content (AvgIpc) is 3.09. The van der Waals surface area contributed by atoms with Gasteiger partial charge in [0.2, 0.25) is 0 Å². The van der Waals surface area contributed by atoms with Crippen molar-refractivity contribution in [2.45, 2.75) is 44.8 Å².